The van der Waals surface area contributed by atoms with E-state index in [-0.39, 0.29) is 19.1 Å². The summed E-state index contributed by atoms with van der Waals surface area (Å²) in [5, 5.41) is 0.734. The van der Waals surface area contributed by atoms with Crippen LogP contribution >= 0.6 is 11.3 Å². The second-order valence-corrected chi connectivity index (χ2v) is 8.47. The number of aromatic nitrogens is 2. The molecule has 2 aromatic rings. The van der Waals surface area contributed by atoms with E-state index < -0.39 is 12.8 Å². The largest absolute Gasteiger partial charge is 0.480 e. The van der Waals surface area contributed by atoms with Gasteiger partial charge < -0.3 is 19.1 Å². The number of carbonyl (C=O) groups is 1. The molecule has 3 heterocycles. The first-order chi connectivity index (χ1) is 15.2. The average molecular weight is 477 g/mol. The number of carbonyl (C=O) groups excluding carboxylic acids is 1. The molecule has 0 N–H and O–H groups in total. The predicted molar refractivity (Wildman–Crippen MR) is 113 cm³/mol. The summed E-state index contributed by atoms with van der Waals surface area (Å²) >= 11 is 1.32. The summed E-state index contributed by atoms with van der Waals surface area (Å²) < 4.78 is 51.5. The van der Waals surface area contributed by atoms with E-state index in [1.54, 1.807) is 12.0 Å². The minimum atomic E-state index is -4.29. The first kappa shape index (κ1) is 24.6. The molecule has 1 aliphatic rings. The van der Waals surface area contributed by atoms with Crippen LogP contribution < -0.4 is 4.74 Å². The van der Waals surface area contributed by atoms with Crippen LogP contribution in [0.25, 0.3) is 10.2 Å². The number of nitrogens with zero attached hydrogens (tertiary/aromatic N) is 4. The van der Waals surface area contributed by atoms with Gasteiger partial charge in [0.1, 0.15) is 18.0 Å². The molecule has 0 radical (unpaired) electrons. The lowest BCUT2D eigenvalue weighted by atomic mass is 10.2. The molecule has 0 spiro atoms. The van der Waals surface area contributed by atoms with E-state index in [0.29, 0.717) is 60.6 Å². The molecule has 1 fully saturated rings. The summed E-state index contributed by atoms with van der Waals surface area (Å²) in [6, 6.07) is 0. The Morgan fingerprint density at radius 1 is 1.16 bits per heavy atom. The first-order valence-corrected chi connectivity index (χ1v) is 11.0. The third kappa shape index (κ3) is 6.06. The zero-order valence-electron chi connectivity index (χ0n) is 18.3. The molecule has 1 aliphatic heterocycles. The standard InChI is InChI=1S/C20H27F3N4O4S/c1-13-15-17(30-3)24-14(11-29-2)25-18(15)32-16(13)19(28)27-8-6-26(7-9-27)5-4-10-31-12-20(21,22)23/h4-12H2,1-3H3. The average Bonchev–Trinajstić information content (AvgIpc) is 3.08. The van der Waals surface area contributed by atoms with Crippen molar-refractivity contribution in [3.05, 3.63) is 16.3 Å². The van der Waals surface area contributed by atoms with Crippen LogP contribution in [0.5, 0.6) is 5.88 Å². The van der Waals surface area contributed by atoms with E-state index in [1.807, 2.05) is 6.92 Å². The molecule has 32 heavy (non-hydrogen) atoms. The molecule has 1 amide bonds. The molecule has 0 atom stereocenters. The second kappa shape index (κ2) is 10.7. The summed E-state index contributed by atoms with van der Waals surface area (Å²) in [6.45, 7) is 4.02. The molecule has 1 saturated heterocycles. The Labute approximate surface area is 188 Å². The van der Waals surface area contributed by atoms with E-state index >= 15 is 0 Å². The number of ether oxygens (including phenoxy) is 3. The van der Waals surface area contributed by atoms with Crippen LogP contribution in [0.4, 0.5) is 13.2 Å². The van der Waals surface area contributed by atoms with Gasteiger partial charge in [0, 0.05) is 46.4 Å². The van der Waals surface area contributed by atoms with Gasteiger partial charge in [-0.2, -0.15) is 18.2 Å². The highest BCUT2D eigenvalue weighted by Crippen LogP contribution is 2.35. The third-order valence-corrected chi connectivity index (χ3v) is 6.33. The van der Waals surface area contributed by atoms with Crippen molar-refractivity contribution in [3.8, 4) is 5.88 Å². The maximum atomic E-state index is 13.2. The van der Waals surface area contributed by atoms with Gasteiger partial charge in [0.05, 0.1) is 17.4 Å². The molecule has 0 aromatic carbocycles. The lowest BCUT2D eigenvalue weighted by Gasteiger charge is -2.34. The molecule has 0 aliphatic carbocycles. The van der Waals surface area contributed by atoms with Gasteiger partial charge in [0.25, 0.3) is 5.91 Å². The second-order valence-electron chi connectivity index (χ2n) is 7.47. The van der Waals surface area contributed by atoms with Crippen molar-refractivity contribution in [2.45, 2.75) is 26.1 Å². The zero-order chi connectivity index (χ0) is 23.3. The lowest BCUT2D eigenvalue weighted by molar-refractivity contribution is -0.174. The number of alkyl halides is 3. The minimum absolute atomic E-state index is 0.0611. The van der Waals surface area contributed by atoms with Gasteiger partial charge >= 0.3 is 6.18 Å². The molecule has 12 heteroatoms. The summed E-state index contributed by atoms with van der Waals surface area (Å²) in [5.74, 6) is 0.853. The SMILES string of the molecule is COCc1nc(OC)c2c(C)c(C(=O)N3CCN(CCCOCC(F)(F)F)CC3)sc2n1. The van der Waals surface area contributed by atoms with Crippen LogP contribution in [-0.2, 0) is 16.1 Å². The molecule has 178 valence electrons. The summed E-state index contributed by atoms with van der Waals surface area (Å²) in [7, 11) is 3.09. The Balaban J connectivity index is 1.58. The Morgan fingerprint density at radius 3 is 2.50 bits per heavy atom. The molecule has 8 nitrogen and oxygen atoms in total. The van der Waals surface area contributed by atoms with Gasteiger partial charge in [-0.3, -0.25) is 9.69 Å². The number of hydrogen-bond acceptors (Lipinski definition) is 8. The number of halogens is 3. The fourth-order valence-electron chi connectivity index (χ4n) is 3.59. The van der Waals surface area contributed by atoms with Crippen molar-refractivity contribution in [1.82, 2.24) is 19.8 Å². The number of fused-ring (bicyclic) bond motifs is 1. The van der Waals surface area contributed by atoms with Crippen molar-refractivity contribution in [3.63, 3.8) is 0 Å². The lowest BCUT2D eigenvalue weighted by Crippen LogP contribution is -2.48. The summed E-state index contributed by atoms with van der Waals surface area (Å²) in [5.41, 5.74) is 0.792. The number of amides is 1. The fraction of sp³-hybridized carbons (Fsp3) is 0.650. The summed E-state index contributed by atoms with van der Waals surface area (Å²) in [6.07, 6.45) is -3.78. The molecule has 0 bridgehead atoms. The quantitative estimate of drug-likeness (QED) is 0.515. The third-order valence-electron chi connectivity index (χ3n) is 5.15. The van der Waals surface area contributed by atoms with Crippen molar-refractivity contribution >= 4 is 27.5 Å². The number of rotatable bonds is 9. The summed E-state index contributed by atoms with van der Waals surface area (Å²) in [4.78, 5) is 27.3. The van der Waals surface area contributed by atoms with Gasteiger partial charge in [-0.05, 0) is 18.9 Å². The van der Waals surface area contributed by atoms with Crippen molar-refractivity contribution in [2.24, 2.45) is 0 Å². The van der Waals surface area contributed by atoms with Crippen molar-refractivity contribution < 1.29 is 32.2 Å². The van der Waals surface area contributed by atoms with Gasteiger partial charge in [-0.25, -0.2) is 4.98 Å². The smallest absolute Gasteiger partial charge is 0.411 e. The van der Waals surface area contributed by atoms with Crippen LogP contribution in [0.1, 0.15) is 27.5 Å². The number of hydrogen-bond donors (Lipinski definition) is 0. The van der Waals surface area contributed by atoms with Gasteiger partial charge in [0.2, 0.25) is 5.88 Å². The van der Waals surface area contributed by atoms with Gasteiger partial charge in [0.15, 0.2) is 5.82 Å². The van der Waals surface area contributed by atoms with Crippen LogP contribution in [0.15, 0.2) is 0 Å². The van der Waals surface area contributed by atoms with Crippen LogP contribution in [0.3, 0.4) is 0 Å². The van der Waals surface area contributed by atoms with Crippen molar-refractivity contribution in [2.75, 3.05) is 60.2 Å². The monoisotopic (exact) mass is 476 g/mol. The Bertz CT molecular complexity index is 930. The molecular formula is C20H27F3N4O4S. The highest BCUT2D eigenvalue weighted by atomic mass is 32.1. The van der Waals surface area contributed by atoms with Crippen molar-refractivity contribution in [1.29, 1.82) is 0 Å². The topological polar surface area (TPSA) is 77.0 Å². The highest BCUT2D eigenvalue weighted by Gasteiger charge is 2.28. The van der Waals surface area contributed by atoms with E-state index in [1.165, 1.54) is 18.4 Å². The number of thiophene rings is 1. The maximum absolute atomic E-state index is 13.2. The molecular weight excluding hydrogens is 449 g/mol. The Morgan fingerprint density at radius 2 is 1.88 bits per heavy atom. The fourth-order valence-corrected chi connectivity index (χ4v) is 4.74. The molecule has 0 saturated carbocycles. The maximum Gasteiger partial charge on any atom is 0.411 e. The highest BCUT2D eigenvalue weighted by molar-refractivity contribution is 7.20. The number of methoxy groups -OCH3 is 2. The van der Waals surface area contributed by atoms with E-state index in [2.05, 4.69) is 19.6 Å². The van der Waals surface area contributed by atoms with Crippen LogP contribution in [0, 0.1) is 6.92 Å². The van der Waals surface area contributed by atoms with Crippen LogP contribution in [0.2, 0.25) is 0 Å². The number of piperazine rings is 1. The molecule has 2 aromatic heterocycles. The Kier molecular flexibility index (Phi) is 8.26. The zero-order valence-corrected chi connectivity index (χ0v) is 19.1. The molecule has 0 unspecified atom stereocenters. The molecule has 3 rings (SSSR count). The normalized spacial score (nSPS) is 15.5. The van der Waals surface area contributed by atoms with E-state index in [9.17, 15) is 18.0 Å². The minimum Gasteiger partial charge on any atom is -0.480 e. The van der Waals surface area contributed by atoms with E-state index in [0.717, 1.165) is 10.9 Å². The van der Waals surface area contributed by atoms with Gasteiger partial charge in [-0.1, -0.05) is 0 Å². The number of aryl methyl sites for hydroxylation is 1. The first-order valence-electron chi connectivity index (χ1n) is 10.2. The van der Waals surface area contributed by atoms with Crippen LogP contribution in [-0.4, -0.2) is 92.0 Å². The predicted octanol–water partition coefficient (Wildman–Crippen LogP) is 2.88. The van der Waals surface area contributed by atoms with E-state index in [4.69, 9.17) is 9.47 Å². The Hall–Kier alpha value is -2.02. The van der Waals surface area contributed by atoms with Gasteiger partial charge in [-0.15, -0.1) is 11.3 Å².